The molecular formula is C12H11BrFNO2. The van der Waals surface area contributed by atoms with Gasteiger partial charge in [-0.3, -0.25) is 14.5 Å². The summed E-state index contributed by atoms with van der Waals surface area (Å²) >= 11 is 3.18. The molecule has 0 atom stereocenters. The third-order valence-corrected chi connectivity index (χ3v) is 3.10. The summed E-state index contributed by atoms with van der Waals surface area (Å²) in [4.78, 5) is 24.4. The van der Waals surface area contributed by atoms with E-state index < -0.39 is 0 Å². The Kier molecular flexibility index (Phi) is 3.57. The molecule has 0 N–H and O–H groups in total. The van der Waals surface area contributed by atoms with Gasteiger partial charge in [-0.1, -0.05) is 15.9 Å². The molecule has 1 aliphatic rings. The summed E-state index contributed by atoms with van der Waals surface area (Å²) in [5, 5.41) is 0. The van der Waals surface area contributed by atoms with Gasteiger partial charge in [-0.05, 0) is 30.2 Å². The Balaban J connectivity index is 2.19. The molecule has 0 saturated carbocycles. The summed E-state index contributed by atoms with van der Waals surface area (Å²) in [7, 11) is 0. The third-order valence-electron chi connectivity index (χ3n) is 2.65. The van der Waals surface area contributed by atoms with Crippen LogP contribution in [0, 0.1) is 5.82 Å². The first kappa shape index (κ1) is 12.2. The summed E-state index contributed by atoms with van der Waals surface area (Å²) in [6, 6.07) is 4.38. The quantitative estimate of drug-likeness (QED) is 0.787. The van der Waals surface area contributed by atoms with Crippen molar-refractivity contribution in [3.8, 4) is 0 Å². The second-order valence-electron chi connectivity index (χ2n) is 4.00. The molecule has 1 heterocycles. The minimum atomic E-state index is -0.383. The molecule has 0 aliphatic carbocycles. The van der Waals surface area contributed by atoms with Crippen molar-refractivity contribution in [2.24, 2.45) is 0 Å². The molecule has 0 spiro atoms. The number of benzene rings is 1. The predicted octanol–water partition coefficient (Wildman–Crippen LogP) is 2.63. The first-order valence-corrected chi connectivity index (χ1v) is 6.14. The molecule has 90 valence electrons. The number of hydrogen-bond donors (Lipinski definition) is 0. The maximum absolute atomic E-state index is 13.2. The van der Waals surface area contributed by atoms with E-state index in [9.17, 15) is 14.0 Å². The van der Waals surface area contributed by atoms with E-state index in [-0.39, 0.29) is 24.2 Å². The molecule has 5 heteroatoms. The number of hydrogen-bond acceptors (Lipinski definition) is 2. The van der Waals surface area contributed by atoms with Crippen LogP contribution in [-0.4, -0.2) is 16.7 Å². The Morgan fingerprint density at radius 2 is 1.82 bits per heavy atom. The molecule has 2 rings (SSSR count). The SMILES string of the molecule is O=C1CCCC(=O)N1Cc1cc(F)cc(Br)c1. The molecule has 1 fully saturated rings. The van der Waals surface area contributed by atoms with Crippen LogP contribution in [0.15, 0.2) is 22.7 Å². The van der Waals surface area contributed by atoms with Crippen molar-refractivity contribution in [3.63, 3.8) is 0 Å². The number of likely N-dealkylation sites (tertiary alicyclic amines) is 1. The molecule has 1 aromatic carbocycles. The summed E-state index contributed by atoms with van der Waals surface area (Å²) in [6.45, 7) is 0.147. The minimum Gasteiger partial charge on any atom is -0.278 e. The molecule has 1 aromatic rings. The first-order chi connectivity index (χ1) is 8.06. The van der Waals surface area contributed by atoms with E-state index in [1.54, 1.807) is 6.07 Å². The van der Waals surface area contributed by atoms with E-state index in [2.05, 4.69) is 15.9 Å². The highest BCUT2D eigenvalue weighted by Gasteiger charge is 2.25. The van der Waals surface area contributed by atoms with Crippen LogP contribution < -0.4 is 0 Å². The van der Waals surface area contributed by atoms with Gasteiger partial charge in [0.15, 0.2) is 0 Å². The highest BCUT2D eigenvalue weighted by Crippen LogP contribution is 2.19. The second-order valence-corrected chi connectivity index (χ2v) is 4.92. The van der Waals surface area contributed by atoms with Crippen molar-refractivity contribution in [2.45, 2.75) is 25.8 Å². The monoisotopic (exact) mass is 299 g/mol. The number of amides is 2. The van der Waals surface area contributed by atoms with Crippen molar-refractivity contribution in [2.75, 3.05) is 0 Å². The summed E-state index contributed by atoms with van der Waals surface area (Å²) in [5.74, 6) is -0.741. The van der Waals surface area contributed by atoms with E-state index in [0.717, 1.165) is 0 Å². The Bertz CT molecular complexity index is 439. The lowest BCUT2D eigenvalue weighted by atomic mass is 10.1. The number of imide groups is 1. The van der Waals surface area contributed by atoms with E-state index in [0.29, 0.717) is 29.3 Å². The van der Waals surface area contributed by atoms with Crippen LogP contribution >= 0.6 is 15.9 Å². The number of rotatable bonds is 2. The van der Waals surface area contributed by atoms with Crippen LogP contribution in [0.4, 0.5) is 4.39 Å². The largest absolute Gasteiger partial charge is 0.278 e. The van der Waals surface area contributed by atoms with Crippen LogP contribution in [0.5, 0.6) is 0 Å². The molecule has 2 amide bonds. The van der Waals surface area contributed by atoms with Crippen molar-refractivity contribution >= 4 is 27.7 Å². The maximum Gasteiger partial charge on any atom is 0.229 e. The van der Waals surface area contributed by atoms with E-state index >= 15 is 0 Å². The number of nitrogens with zero attached hydrogens (tertiary/aromatic N) is 1. The van der Waals surface area contributed by atoms with Gasteiger partial charge in [-0.25, -0.2) is 4.39 Å². The Labute approximate surface area is 107 Å². The first-order valence-electron chi connectivity index (χ1n) is 5.34. The van der Waals surface area contributed by atoms with Gasteiger partial charge in [0.05, 0.1) is 6.54 Å². The molecule has 1 saturated heterocycles. The summed E-state index contributed by atoms with van der Waals surface area (Å²) in [5.41, 5.74) is 0.612. The van der Waals surface area contributed by atoms with Crippen molar-refractivity contribution in [3.05, 3.63) is 34.1 Å². The zero-order valence-corrected chi connectivity index (χ0v) is 10.7. The van der Waals surface area contributed by atoms with Crippen LogP contribution in [0.2, 0.25) is 0 Å². The van der Waals surface area contributed by atoms with Gasteiger partial charge in [0.1, 0.15) is 5.82 Å². The average molecular weight is 300 g/mol. The van der Waals surface area contributed by atoms with E-state index in [1.165, 1.54) is 17.0 Å². The zero-order chi connectivity index (χ0) is 12.4. The normalized spacial score (nSPS) is 16.5. The van der Waals surface area contributed by atoms with Gasteiger partial charge >= 0.3 is 0 Å². The fourth-order valence-corrected chi connectivity index (χ4v) is 2.37. The molecule has 0 bridgehead atoms. The van der Waals surface area contributed by atoms with Crippen LogP contribution in [-0.2, 0) is 16.1 Å². The summed E-state index contributed by atoms with van der Waals surface area (Å²) in [6.07, 6.45) is 1.39. The van der Waals surface area contributed by atoms with E-state index in [1.807, 2.05) is 0 Å². The highest BCUT2D eigenvalue weighted by molar-refractivity contribution is 9.10. The van der Waals surface area contributed by atoms with Crippen LogP contribution in [0.3, 0.4) is 0 Å². The molecular weight excluding hydrogens is 289 g/mol. The zero-order valence-electron chi connectivity index (χ0n) is 9.08. The Hall–Kier alpha value is -1.23. The lowest BCUT2D eigenvalue weighted by Gasteiger charge is -2.24. The van der Waals surface area contributed by atoms with Crippen molar-refractivity contribution in [1.29, 1.82) is 0 Å². The molecule has 1 aliphatic heterocycles. The number of carbonyl (C=O) groups is 2. The number of carbonyl (C=O) groups excluding carboxylic acids is 2. The highest BCUT2D eigenvalue weighted by atomic mass is 79.9. The third kappa shape index (κ3) is 2.91. The van der Waals surface area contributed by atoms with Crippen molar-refractivity contribution < 1.29 is 14.0 Å². The van der Waals surface area contributed by atoms with Gasteiger partial charge in [-0.2, -0.15) is 0 Å². The lowest BCUT2D eigenvalue weighted by molar-refractivity contribution is -0.148. The molecule has 17 heavy (non-hydrogen) atoms. The maximum atomic E-state index is 13.2. The fourth-order valence-electron chi connectivity index (χ4n) is 1.86. The van der Waals surface area contributed by atoms with E-state index in [4.69, 9.17) is 0 Å². The standard InChI is InChI=1S/C12H11BrFNO2/c13-9-4-8(5-10(14)6-9)7-15-11(16)2-1-3-12(15)17/h4-6H,1-3,7H2. The van der Waals surface area contributed by atoms with Gasteiger partial charge < -0.3 is 0 Å². The predicted molar refractivity (Wildman–Crippen MR) is 63.5 cm³/mol. The van der Waals surface area contributed by atoms with Gasteiger partial charge in [0.2, 0.25) is 11.8 Å². The summed E-state index contributed by atoms with van der Waals surface area (Å²) < 4.78 is 13.8. The van der Waals surface area contributed by atoms with Gasteiger partial charge in [0.25, 0.3) is 0 Å². The number of halogens is 2. The number of piperidine rings is 1. The Morgan fingerprint density at radius 1 is 1.18 bits per heavy atom. The molecule has 3 nitrogen and oxygen atoms in total. The smallest absolute Gasteiger partial charge is 0.229 e. The molecule has 0 unspecified atom stereocenters. The van der Waals surface area contributed by atoms with Gasteiger partial charge in [-0.15, -0.1) is 0 Å². The lowest BCUT2D eigenvalue weighted by Crippen LogP contribution is -2.39. The van der Waals surface area contributed by atoms with Crippen LogP contribution in [0.25, 0.3) is 0 Å². The van der Waals surface area contributed by atoms with Gasteiger partial charge in [0, 0.05) is 17.3 Å². The second kappa shape index (κ2) is 4.96. The molecule has 0 radical (unpaired) electrons. The topological polar surface area (TPSA) is 37.4 Å². The van der Waals surface area contributed by atoms with Crippen LogP contribution in [0.1, 0.15) is 24.8 Å². The Morgan fingerprint density at radius 3 is 2.41 bits per heavy atom. The fraction of sp³-hybridized carbons (Fsp3) is 0.333. The minimum absolute atomic E-state index is 0.147. The average Bonchev–Trinajstić information content (AvgIpc) is 2.22. The molecule has 0 aromatic heterocycles. The van der Waals surface area contributed by atoms with Crippen molar-refractivity contribution in [1.82, 2.24) is 4.90 Å².